The summed E-state index contributed by atoms with van der Waals surface area (Å²) in [7, 11) is 1.61. The van der Waals surface area contributed by atoms with Gasteiger partial charge in [-0.1, -0.05) is 34.8 Å². The predicted molar refractivity (Wildman–Crippen MR) is 111 cm³/mol. The van der Waals surface area contributed by atoms with Crippen LogP contribution in [0.15, 0.2) is 35.4 Å². The van der Waals surface area contributed by atoms with Gasteiger partial charge in [0, 0.05) is 5.02 Å². The van der Waals surface area contributed by atoms with E-state index >= 15 is 0 Å². The predicted octanol–water partition coefficient (Wildman–Crippen LogP) is 4.99. The lowest BCUT2D eigenvalue weighted by Crippen LogP contribution is -2.09. The fourth-order valence-electron chi connectivity index (χ4n) is 2.76. The minimum atomic E-state index is -0.775. The molecule has 0 aliphatic carbocycles. The molecule has 28 heavy (non-hydrogen) atoms. The first-order valence-electron chi connectivity index (χ1n) is 8.17. The number of nitrogens with zero attached hydrogens (tertiary/aromatic N) is 4. The lowest BCUT2D eigenvalue weighted by Gasteiger charge is -2.11. The number of aromatic nitrogens is 4. The SMILES string of the molecule is COc1ccc(Cl)cc1SNc1cnc2c(c1)-c1nnc(C(Cl)Cl)n1CCO2. The van der Waals surface area contributed by atoms with Gasteiger partial charge in [-0.2, -0.15) is 0 Å². The molecule has 146 valence electrons. The van der Waals surface area contributed by atoms with Gasteiger partial charge in [0.2, 0.25) is 5.88 Å². The molecule has 1 N–H and O–H groups in total. The zero-order valence-electron chi connectivity index (χ0n) is 14.5. The Kier molecular flexibility index (Phi) is 5.73. The lowest BCUT2D eigenvalue weighted by atomic mass is 10.2. The average molecular weight is 459 g/mol. The van der Waals surface area contributed by atoms with Gasteiger partial charge in [-0.05, 0) is 36.2 Å². The van der Waals surface area contributed by atoms with Crippen molar-refractivity contribution in [2.75, 3.05) is 18.4 Å². The third kappa shape index (κ3) is 3.82. The number of nitrogens with one attached hydrogen (secondary N) is 1. The zero-order chi connectivity index (χ0) is 19.7. The third-order valence-corrected chi connectivity index (χ3v) is 5.53. The summed E-state index contributed by atoms with van der Waals surface area (Å²) in [6.45, 7) is 0.945. The van der Waals surface area contributed by atoms with Crippen molar-refractivity contribution in [2.45, 2.75) is 16.3 Å². The van der Waals surface area contributed by atoms with Crippen molar-refractivity contribution < 1.29 is 9.47 Å². The van der Waals surface area contributed by atoms with Gasteiger partial charge in [0.15, 0.2) is 16.5 Å². The highest BCUT2D eigenvalue weighted by Crippen LogP contribution is 2.37. The first kappa shape index (κ1) is 19.4. The van der Waals surface area contributed by atoms with Crippen molar-refractivity contribution in [1.82, 2.24) is 19.7 Å². The minimum absolute atomic E-state index is 0.416. The van der Waals surface area contributed by atoms with Crippen molar-refractivity contribution in [3.63, 3.8) is 0 Å². The first-order valence-corrected chi connectivity index (χ1v) is 10.2. The molecule has 1 aliphatic rings. The van der Waals surface area contributed by atoms with Crippen molar-refractivity contribution in [3.05, 3.63) is 41.3 Å². The second-order valence-electron chi connectivity index (χ2n) is 5.76. The van der Waals surface area contributed by atoms with Crippen molar-refractivity contribution in [2.24, 2.45) is 0 Å². The van der Waals surface area contributed by atoms with Crippen LogP contribution in [0.3, 0.4) is 0 Å². The molecule has 11 heteroatoms. The number of alkyl halides is 2. The Morgan fingerprint density at radius 2 is 2.14 bits per heavy atom. The average Bonchev–Trinajstić information content (AvgIpc) is 3.03. The molecule has 0 spiro atoms. The molecule has 1 aliphatic heterocycles. The van der Waals surface area contributed by atoms with Gasteiger partial charge >= 0.3 is 0 Å². The number of benzene rings is 1. The fourth-order valence-corrected chi connectivity index (χ4v) is 4.09. The summed E-state index contributed by atoms with van der Waals surface area (Å²) in [5, 5.41) is 8.95. The van der Waals surface area contributed by atoms with Crippen LogP contribution in [0.4, 0.5) is 5.69 Å². The molecule has 0 radical (unpaired) electrons. The third-order valence-electron chi connectivity index (χ3n) is 4.02. The van der Waals surface area contributed by atoms with E-state index in [4.69, 9.17) is 44.3 Å². The van der Waals surface area contributed by atoms with Crippen LogP contribution in [0.5, 0.6) is 11.6 Å². The second kappa shape index (κ2) is 8.24. The molecule has 0 atom stereocenters. The summed E-state index contributed by atoms with van der Waals surface area (Å²) in [4.78, 5) is 4.47. The molecule has 3 heterocycles. The maximum absolute atomic E-state index is 6.09. The van der Waals surface area contributed by atoms with Gasteiger partial charge in [-0.15, -0.1) is 10.2 Å². The number of hydrogen-bond acceptors (Lipinski definition) is 7. The van der Waals surface area contributed by atoms with E-state index in [-0.39, 0.29) is 0 Å². The molecular weight excluding hydrogens is 445 g/mol. The second-order valence-corrected chi connectivity index (χ2v) is 8.14. The molecule has 0 amide bonds. The number of methoxy groups -OCH3 is 1. The van der Waals surface area contributed by atoms with Gasteiger partial charge < -0.3 is 18.8 Å². The van der Waals surface area contributed by atoms with Crippen LogP contribution < -0.4 is 14.2 Å². The Morgan fingerprint density at radius 1 is 1.29 bits per heavy atom. The molecule has 2 aromatic heterocycles. The van der Waals surface area contributed by atoms with E-state index in [1.807, 2.05) is 22.8 Å². The fraction of sp³-hybridized carbons (Fsp3) is 0.235. The van der Waals surface area contributed by atoms with Crippen LogP contribution >= 0.6 is 46.8 Å². The van der Waals surface area contributed by atoms with Gasteiger partial charge in [0.1, 0.15) is 12.4 Å². The molecule has 7 nitrogen and oxygen atoms in total. The van der Waals surface area contributed by atoms with Crippen LogP contribution in [-0.4, -0.2) is 33.5 Å². The standard InChI is InChI=1S/C17H14Cl3N5O2S/c1-26-12-3-2-9(18)6-13(12)28-24-10-7-11-15-22-23-16(14(19)20)25(15)4-5-27-17(11)21-8-10/h2-3,6-8,14,24H,4-5H2,1H3. The summed E-state index contributed by atoms with van der Waals surface area (Å²) in [5.74, 6) is 2.28. The summed E-state index contributed by atoms with van der Waals surface area (Å²) >= 11 is 19.4. The van der Waals surface area contributed by atoms with Crippen molar-refractivity contribution >= 4 is 52.4 Å². The normalized spacial score (nSPS) is 12.8. The van der Waals surface area contributed by atoms with Crippen molar-refractivity contribution in [1.29, 1.82) is 0 Å². The van der Waals surface area contributed by atoms with Gasteiger partial charge in [-0.3, -0.25) is 0 Å². The molecular formula is C17H14Cl3N5O2S. The van der Waals surface area contributed by atoms with E-state index in [0.717, 1.165) is 10.6 Å². The van der Waals surface area contributed by atoms with Gasteiger partial charge in [0.05, 0.1) is 36.0 Å². The van der Waals surface area contributed by atoms with E-state index < -0.39 is 4.84 Å². The molecule has 4 rings (SSSR count). The molecule has 0 saturated carbocycles. The minimum Gasteiger partial charge on any atom is -0.496 e. The van der Waals surface area contributed by atoms with E-state index in [1.54, 1.807) is 19.4 Å². The highest BCUT2D eigenvalue weighted by molar-refractivity contribution is 8.00. The number of hydrogen-bond donors (Lipinski definition) is 1. The maximum atomic E-state index is 6.09. The maximum Gasteiger partial charge on any atom is 0.224 e. The summed E-state index contributed by atoms with van der Waals surface area (Å²) in [5.41, 5.74) is 1.45. The summed E-state index contributed by atoms with van der Waals surface area (Å²) in [6.07, 6.45) is 1.68. The number of halogens is 3. The quantitative estimate of drug-likeness (QED) is 0.426. The van der Waals surface area contributed by atoms with Crippen LogP contribution in [0.2, 0.25) is 5.02 Å². The number of ether oxygens (including phenoxy) is 2. The molecule has 0 saturated heterocycles. The summed E-state index contributed by atoms with van der Waals surface area (Å²) in [6, 6.07) is 7.30. The van der Waals surface area contributed by atoms with Crippen LogP contribution in [0.25, 0.3) is 11.4 Å². The van der Waals surface area contributed by atoms with Crippen LogP contribution in [0, 0.1) is 0 Å². The summed E-state index contributed by atoms with van der Waals surface area (Å²) < 4.78 is 16.2. The molecule has 3 aromatic rings. The van der Waals surface area contributed by atoms with Gasteiger partial charge in [0.25, 0.3) is 0 Å². The van der Waals surface area contributed by atoms with E-state index in [9.17, 15) is 0 Å². The zero-order valence-corrected chi connectivity index (χ0v) is 17.6. The first-order chi connectivity index (χ1) is 13.6. The number of rotatable bonds is 5. The highest BCUT2D eigenvalue weighted by Gasteiger charge is 2.24. The smallest absolute Gasteiger partial charge is 0.224 e. The number of pyridine rings is 1. The lowest BCUT2D eigenvalue weighted by molar-refractivity contribution is 0.294. The molecule has 0 fully saturated rings. The van der Waals surface area contributed by atoms with E-state index in [1.165, 1.54) is 11.9 Å². The topological polar surface area (TPSA) is 74.1 Å². The number of fused-ring (bicyclic) bond motifs is 3. The van der Waals surface area contributed by atoms with E-state index in [2.05, 4.69) is 19.9 Å². The van der Waals surface area contributed by atoms with Crippen LogP contribution in [0.1, 0.15) is 10.7 Å². The number of anilines is 1. The Hall–Kier alpha value is -1.87. The highest BCUT2D eigenvalue weighted by atomic mass is 35.5. The Bertz CT molecular complexity index is 1010. The Labute approximate surface area is 180 Å². The molecule has 0 unspecified atom stereocenters. The molecule has 1 aromatic carbocycles. The Balaban J connectivity index is 1.64. The van der Waals surface area contributed by atoms with Crippen LogP contribution in [-0.2, 0) is 6.54 Å². The largest absolute Gasteiger partial charge is 0.496 e. The Morgan fingerprint density at radius 3 is 2.93 bits per heavy atom. The molecule has 0 bridgehead atoms. The monoisotopic (exact) mass is 457 g/mol. The van der Waals surface area contributed by atoms with E-state index in [0.29, 0.717) is 47.0 Å². The van der Waals surface area contributed by atoms with Crippen molar-refractivity contribution in [3.8, 4) is 23.0 Å². The van der Waals surface area contributed by atoms with Gasteiger partial charge in [-0.25, -0.2) is 4.98 Å².